The molecule has 1 saturated carbocycles. The van der Waals surface area contributed by atoms with E-state index in [1.54, 1.807) is 0 Å². The maximum absolute atomic E-state index is 12.7. The zero-order valence-electron chi connectivity index (χ0n) is 25.3. The number of rotatable bonds is 3. The number of aliphatic hydroxyl groups excluding tert-OH is 2. The molecule has 1 spiro atoms. The van der Waals surface area contributed by atoms with Crippen LogP contribution in [0.3, 0.4) is 0 Å². The first-order chi connectivity index (χ1) is 21.6. The lowest BCUT2D eigenvalue weighted by Gasteiger charge is -2.59. The van der Waals surface area contributed by atoms with Gasteiger partial charge in [-0.25, -0.2) is 0 Å². The van der Waals surface area contributed by atoms with E-state index in [-0.39, 0.29) is 35.9 Å². The number of H-pyrrole nitrogens is 1. The van der Waals surface area contributed by atoms with Crippen molar-refractivity contribution in [1.82, 2.24) is 9.88 Å². The van der Waals surface area contributed by atoms with Crippen molar-refractivity contribution in [3.05, 3.63) is 112 Å². The summed E-state index contributed by atoms with van der Waals surface area (Å²) in [5, 5.41) is 24.1. The SMILES string of the molecule is CCC1=C[NH+]2CCc3c([nH]c4ccccc34)C2C=C1C1=CN2c3ccccc3C34CCN5CC(=CCO)C(CC53)C(C1O)C24. The van der Waals surface area contributed by atoms with Gasteiger partial charge in [0.05, 0.1) is 37.2 Å². The van der Waals surface area contributed by atoms with Crippen molar-refractivity contribution in [3.63, 3.8) is 0 Å². The molecule has 4 N–H and O–H groups in total. The third kappa shape index (κ3) is 3.10. The van der Waals surface area contributed by atoms with Gasteiger partial charge in [-0.2, -0.15) is 0 Å². The Kier molecular flexibility index (Phi) is 5.33. The first-order valence-corrected chi connectivity index (χ1v) is 16.8. The number of aromatic amines is 1. The topological polar surface area (TPSA) is 67.2 Å². The minimum atomic E-state index is -0.559. The molecule has 7 heterocycles. The van der Waals surface area contributed by atoms with Gasteiger partial charge < -0.3 is 20.1 Å². The van der Waals surface area contributed by atoms with E-state index in [4.69, 9.17) is 0 Å². The van der Waals surface area contributed by atoms with Crippen LogP contribution in [0.2, 0.25) is 0 Å². The Morgan fingerprint density at radius 1 is 1.14 bits per heavy atom. The van der Waals surface area contributed by atoms with Crippen LogP contribution in [0.1, 0.15) is 49.0 Å². The highest BCUT2D eigenvalue weighted by Crippen LogP contribution is 2.65. The maximum Gasteiger partial charge on any atom is 0.152 e. The molecule has 3 fully saturated rings. The molecule has 6 nitrogen and oxygen atoms in total. The molecule has 2 saturated heterocycles. The lowest BCUT2D eigenvalue weighted by atomic mass is 9.53. The lowest BCUT2D eigenvalue weighted by molar-refractivity contribution is -0.877. The molecule has 10 rings (SSSR count). The molecule has 1 aromatic heterocycles. The number of benzene rings is 2. The second-order valence-electron chi connectivity index (χ2n) is 14.3. The molecule has 2 bridgehead atoms. The molecule has 1 aliphatic carbocycles. The van der Waals surface area contributed by atoms with Crippen LogP contribution < -0.4 is 9.80 Å². The fraction of sp³-hybridized carbons (Fsp3) is 0.421. The number of piperidine rings is 1. The minimum absolute atomic E-state index is 0.0411. The third-order valence-electron chi connectivity index (χ3n) is 12.8. The fourth-order valence-corrected chi connectivity index (χ4v) is 11.1. The van der Waals surface area contributed by atoms with Gasteiger partial charge in [-0.15, -0.1) is 0 Å². The van der Waals surface area contributed by atoms with E-state index in [2.05, 4.69) is 94.8 Å². The molecule has 8 unspecified atom stereocenters. The van der Waals surface area contributed by atoms with Gasteiger partial charge in [-0.3, -0.25) is 9.80 Å². The van der Waals surface area contributed by atoms with Gasteiger partial charge in [0, 0.05) is 64.3 Å². The Labute approximate surface area is 258 Å². The monoisotopic (exact) mass is 585 g/mol. The summed E-state index contributed by atoms with van der Waals surface area (Å²) in [6, 6.07) is 18.7. The summed E-state index contributed by atoms with van der Waals surface area (Å²) < 4.78 is 0. The predicted octanol–water partition coefficient (Wildman–Crippen LogP) is 3.91. The largest absolute Gasteiger partial charge is 0.392 e. The first-order valence-electron chi connectivity index (χ1n) is 16.8. The number of hydrogen-bond donors (Lipinski definition) is 4. The molecule has 0 amide bonds. The number of para-hydroxylation sites is 2. The number of anilines is 1. The van der Waals surface area contributed by atoms with E-state index >= 15 is 0 Å². The molecule has 44 heavy (non-hydrogen) atoms. The van der Waals surface area contributed by atoms with Crippen molar-refractivity contribution in [2.75, 3.05) is 31.1 Å². The molecule has 6 aliphatic heterocycles. The molecule has 2 aromatic carbocycles. The Morgan fingerprint density at radius 2 is 2.00 bits per heavy atom. The standard InChI is InChI=1S/C38H40N4O2/c1-2-22-19-40-14-11-25-24-7-3-5-9-30(24)39-35(25)32(40)17-26(22)28-21-42-31-10-6-4-8-29(31)38-13-15-41-20-23(12-16-43)27(18-33(38)41)34(36(28)44)37(38)42/h3-10,12,17,19,21,27,32-34,36-37,39,43-44H,2,11,13-16,18,20H2,1H3/p+1. The van der Waals surface area contributed by atoms with E-state index < -0.39 is 6.10 Å². The van der Waals surface area contributed by atoms with Crippen LogP contribution in [0.5, 0.6) is 0 Å². The number of nitrogens with one attached hydrogen (secondary N) is 2. The summed E-state index contributed by atoms with van der Waals surface area (Å²) in [5.41, 5.74) is 11.8. The third-order valence-corrected chi connectivity index (χ3v) is 12.8. The summed E-state index contributed by atoms with van der Waals surface area (Å²) in [5.74, 6) is 0.349. The second kappa shape index (κ2) is 9.07. The summed E-state index contributed by atoms with van der Waals surface area (Å²) in [4.78, 5) is 10.6. The molecule has 8 atom stereocenters. The van der Waals surface area contributed by atoms with Gasteiger partial charge in [0.15, 0.2) is 6.04 Å². The quantitative estimate of drug-likeness (QED) is 0.352. The molecule has 7 aliphatic rings. The Morgan fingerprint density at radius 3 is 2.89 bits per heavy atom. The van der Waals surface area contributed by atoms with Crippen LogP contribution in [0.15, 0.2) is 95.4 Å². The van der Waals surface area contributed by atoms with E-state index in [9.17, 15) is 10.2 Å². The van der Waals surface area contributed by atoms with Crippen LogP contribution in [0, 0.1) is 11.8 Å². The number of allylic oxidation sites excluding steroid dienone is 1. The van der Waals surface area contributed by atoms with Gasteiger partial charge >= 0.3 is 0 Å². The maximum atomic E-state index is 12.7. The van der Waals surface area contributed by atoms with Gasteiger partial charge in [0.1, 0.15) is 0 Å². The number of quaternary nitrogens is 1. The number of aliphatic hydroxyl groups is 2. The van der Waals surface area contributed by atoms with Crippen molar-refractivity contribution < 1.29 is 15.1 Å². The molecule has 6 heteroatoms. The highest BCUT2D eigenvalue weighted by molar-refractivity contribution is 5.85. The predicted molar refractivity (Wildman–Crippen MR) is 172 cm³/mol. The molecule has 0 radical (unpaired) electrons. The van der Waals surface area contributed by atoms with Crippen molar-refractivity contribution in [1.29, 1.82) is 0 Å². The van der Waals surface area contributed by atoms with Crippen LogP contribution in [-0.2, 0) is 11.8 Å². The van der Waals surface area contributed by atoms with Crippen molar-refractivity contribution in [2.45, 2.75) is 62.3 Å². The number of hydrogen-bond acceptors (Lipinski definition) is 4. The normalized spacial score (nSPS) is 37.2. The average molecular weight is 586 g/mol. The zero-order chi connectivity index (χ0) is 29.3. The van der Waals surface area contributed by atoms with E-state index in [0.29, 0.717) is 6.04 Å². The second-order valence-corrected chi connectivity index (χ2v) is 14.3. The zero-order valence-corrected chi connectivity index (χ0v) is 25.3. The van der Waals surface area contributed by atoms with Crippen LogP contribution >= 0.6 is 0 Å². The van der Waals surface area contributed by atoms with Gasteiger partial charge in [-0.05, 0) is 66.6 Å². The smallest absolute Gasteiger partial charge is 0.152 e. The Hall–Kier alpha value is -3.42. The van der Waals surface area contributed by atoms with Crippen LogP contribution in [-0.4, -0.2) is 64.5 Å². The summed E-state index contributed by atoms with van der Waals surface area (Å²) >= 11 is 0. The van der Waals surface area contributed by atoms with Crippen molar-refractivity contribution in [3.8, 4) is 0 Å². The number of fused-ring (bicyclic) bond motifs is 9. The number of nitrogens with zero attached hydrogens (tertiary/aromatic N) is 2. The van der Waals surface area contributed by atoms with Crippen molar-refractivity contribution >= 4 is 16.6 Å². The highest BCUT2D eigenvalue weighted by Gasteiger charge is 2.69. The number of aromatic nitrogens is 1. The average Bonchev–Trinajstić information content (AvgIpc) is 3.73. The lowest BCUT2D eigenvalue weighted by Crippen LogP contribution is -3.09. The van der Waals surface area contributed by atoms with E-state index in [1.807, 2.05) is 0 Å². The van der Waals surface area contributed by atoms with E-state index in [0.717, 1.165) is 50.9 Å². The van der Waals surface area contributed by atoms with Crippen LogP contribution in [0.4, 0.5) is 5.69 Å². The van der Waals surface area contributed by atoms with Gasteiger partial charge in [0.25, 0.3) is 0 Å². The molecular weight excluding hydrogens is 544 g/mol. The van der Waals surface area contributed by atoms with E-state index in [1.165, 1.54) is 55.0 Å². The summed E-state index contributed by atoms with van der Waals surface area (Å²) in [6.07, 6.45) is 13.0. The highest BCUT2D eigenvalue weighted by atomic mass is 16.3. The molecule has 3 aromatic rings. The summed E-state index contributed by atoms with van der Waals surface area (Å²) in [6.45, 7) is 5.41. The molecular formula is C38H41N4O2+. The first kappa shape index (κ1) is 25.9. The van der Waals surface area contributed by atoms with Crippen LogP contribution in [0.25, 0.3) is 10.9 Å². The Balaban J connectivity index is 1.16. The molecule has 224 valence electrons. The minimum Gasteiger partial charge on any atom is -0.392 e. The Bertz CT molecular complexity index is 1850. The van der Waals surface area contributed by atoms with Gasteiger partial charge in [0.2, 0.25) is 0 Å². The van der Waals surface area contributed by atoms with Crippen molar-refractivity contribution in [2.24, 2.45) is 11.8 Å². The fourth-order valence-electron chi connectivity index (χ4n) is 11.1. The van der Waals surface area contributed by atoms with Gasteiger partial charge in [-0.1, -0.05) is 55.0 Å². The summed E-state index contributed by atoms with van der Waals surface area (Å²) in [7, 11) is 0.